The molecule has 0 amide bonds. The highest BCUT2D eigenvalue weighted by atomic mass is 32.1. The molecule has 0 aliphatic heterocycles. The number of carbonyl (C=O) groups excluding carboxylic acids is 1. The maximum absolute atomic E-state index is 12.9. The van der Waals surface area contributed by atoms with Gasteiger partial charge in [0.05, 0.1) is 0 Å². The van der Waals surface area contributed by atoms with Crippen molar-refractivity contribution in [2.45, 2.75) is 26.6 Å². The summed E-state index contributed by atoms with van der Waals surface area (Å²) in [7, 11) is 0. The molecule has 0 fully saturated rings. The molecular weight excluding hydrogens is 349 g/mol. The number of nitrogens with zero attached hydrogens (tertiary/aromatic N) is 3. The highest BCUT2D eigenvalue weighted by Crippen LogP contribution is 2.15. The van der Waals surface area contributed by atoms with E-state index in [2.05, 4.69) is 10.1 Å². The summed E-state index contributed by atoms with van der Waals surface area (Å²) in [6.45, 7) is 3.15. The first-order chi connectivity index (χ1) is 11.9. The molecule has 0 aliphatic rings. The molecule has 1 atom stereocenters. The Morgan fingerprint density at radius 2 is 2.08 bits per heavy atom. The second-order valence-electron chi connectivity index (χ2n) is 5.25. The molecule has 130 valence electrons. The summed E-state index contributed by atoms with van der Waals surface area (Å²) in [5.74, 6) is -0.630. The fourth-order valence-electron chi connectivity index (χ4n) is 2.03. The lowest BCUT2D eigenvalue weighted by Gasteiger charge is -2.13. The van der Waals surface area contributed by atoms with E-state index in [0.717, 1.165) is 0 Å². The van der Waals surface area contributed by atoms with Gasteiger partial charge in [0.2, 0.25) is 4.96 Å². The third kappa shape index (κ3) is 4.00. The first-order valence-electron chi connectivity index (χ1n) is 7.37. The molecule has 3 aromatic rings. The largest absolute Gasteiger partial charge is 0.479 e. The van der Waals surface area contributed by atoms with Gasteiger partial charge in [0.15, 0.2) is 11.1 Å². The molecule has 2 heterocycles. The van der Waals surface area contributed by atoms with Gasteiger partial charge in [-0.15, -0.1) is 0 Å². The van der Waals surface area contributed by atoms with Gasteiger partial charge >= 0.3 is 5.97 Å². The highest BCUT2D eigenvalue weighted by molar-refractivity contribution is 7.16. The van der Waals surface area contributed by atoms with Crippen molar-refractivity contribution in [3.05, 3.63) is 57.2 Å². The predicted octanol–water partition coefficient (Wildman–Crippen LogP) is 2.11. The van der Waals surface area contributed by atoms with Crippen LogP contribution in [0.4, 0.5) is 4.39 Å². The third-order valence-corrected chi connectivity index (χ3v) is 4.09. The number of aromatic nitrogens is 3. The average molecular weight is 363 g/mol. The Labute approximate surface area is 145 Å². The number of aryl methyl sites for hydroxylation is 1. The Morgan fingerprint density at radius 1 is 1.36 bits per heavy atom. The molecule has 0 saturated carbocycles. The molecule has 7 nitrogen and oxygen atoms in total. The molecule has 0 N–H and O–H groups in total. The zero-order valence-electron chi connectivity index (χ0n) is 13.4. The molecule has 0 aliphatic carbocycles. The van der Waals surface area contributed by atoms with E-state index in [9.17, 15) is 14.0 Å². The topological polar surface area (TPSA) is 82.8 Å². The van der Waals surface area contributed by atoms with Gasteiger partial charge in [-0.2, -0.15) is 9.61 Å². The molecule has 1 aromatic carbocycles. The van der Waals surface area contributed by atoms with E-state index in [1.165, 1.54) is 53.1 Å². The van der Waals surface area contributed by atoms with Crippen LogP contribution < -0.4 is 10.3 Å². The third-order valence-electron chi connectivity index (χ3n) is 3.21. The van der Waals surface area contributed by atoms with E-state index < -0.39 is 17.9 Å². The van der Waals surface area contributed by atoms with Crippen molar-refractivity contribution in [3.8, 4) is 5.75 Å². The summed E-state index contributed by atoms with van der Waals surface area (Å²) < 4.78 is 24.6. The van der Waals surface area contributed by atoms with Crippen molar-refractivity contribution in [1.29, 1.82) is 0 Å². The molecule has 2 aromatic heterocycles. The van der Waals surface area contributed by atoms with Gasteiger partial charge in [0, 0.05) is 11.8 Å². The number of hydrogen-bond acceptors (Lipinski definition) is 7. The predicted molar refractivity (Wildman–Crippen MR) is 88.2 cm³/mol. The summed E-state index contributed by atoms with van der Waals surface area (Å²) >= 11 is 1.17. The SMILES string of the molecule is Cc1cc(=O)n2nc(COC(=O)[C@H](C)Oc3ccc(F)cc3)sc2n1. The van der Waals surface area contributed by atoms with Gasteiger partial charge in [-0.1, -0.05) is 11.3 Å². The molecule has 3 rings (SSSR count). The lowest BCUT2D eigenvalue weighted by molar-refractivity contribution is -0.152. The second kappa shape index (κ2) is 6.98. The van der Waals surface area contributed by atoms with Crippen molar-refractivity contribution in [1.82, 2.24) is 14.6 Å². The number of fused-ring (bicyclic) bond motifs is 1. The molecule has 0 spiro atoms. The minimum Gasteiger partial charge on any atom is -0.479 e. The number of ether oxygens (including phenoxy) is 2. The van der Waals surface area contributed by atoms with Crippen LogP contribution >= 0.6 is 11.3 Å². The van der Waals surface area contributed by atoms with Crippen molar-refractivity contribution >= 4 is 22.3 Å². The van der Waals surface area contributed by atoms with E-state index in [4.69, 9.17) is 9.47 Å². The molecule has 0 bridgehead atoms. The summed E-state index contributed by atoms with van der Waals surface area (Å²) in [4.78, 5) is 28.4. The Bertz CT molecular complexity index is 968. The van der Waals surface area contributed by atoms with Gasteiger partial charge in [-0.05, 0) is 38.1 Å². The number of benzene rings is 1. The quantitative estimate of drug-likeness (QED) is 0.646. The van der Waals surface area contributed by atoms with Crippen LogP contribution in [0.15, 0.2) is 35.1 Å². The van der Waals surface area contributed by atoms with E-state index >= 15 is 0 Å². The van der Waals surface area contributed by atoms with Gasteiger partial charge < -0.3 is 9.47 Å². The zero-order valence-corrected chi connectivity index (χ0v) is 14.2. The van der Waals surface area contributed by atoms with Crippen LogP contribution in [-0.4, -0.2) is 26.7 Å². The molecule has 9 heteroatoms. The zero-order chi connectivity index (χ0) is 18.0. The minimum absolute atomic E-state index is 0.0948. The van der Waals surface area contributed by atoms with E-state index in [-0.39, 0.29) is 12.2 Å². The van der Waals surface area contributed by atoms with Crippen LogP contribution in [0.2, 0.25) is 0 Å². The standard InChI is InChI=1S/C16H14FN3O4S/c1-9-7-14(21)20-16(18-9)25-13(19-20)8-23-15(22)10(2)24-12-5-3-11(17)4-6-12/h3-7,10H,8H2,1-2H3/t10-/m0/s1. The van der Waals surface area contributed by atoms with Crippen molar-refractivity contribution in [2.24, 2.45) is 0 Å². The molecular formula is C16H14FN3O4S. The average Bonchev–Trinajstić information content (AvgIpc) is 2.98. The first kappa shape index (κ1) is 17.0. The monoisotopic (exact) mass is 363 g/mol. The van der Waals surface area contributed by atoms with Crippen LogP contribution in [0.5, 0.6) is 5.75 Å². The lowest BCUT2D eigenvalue weighted by atomic mass is 10.3. The summed E-state index contributed by atoms with van der Waals surface area (Å²) in [6.07, 6.45) is -0.872. The maximum atomic E-state index is 12.9. The Morgan fingerprint density at radius 3 is 2.80 bits per heavy atom. The molecule has 0 radical (unpaired) electrons. The van der Waals surface area contributed by atoms with Crippen molar-refractivity contribution < 1.29 is 18.7 Å². The summed E-state index contributed by atoms with van der Waals surface area (Å²) in [5, 5.41) is 4.52. The van der Waals surface area contributed by atoms with Crippen LogP contribution in [0.25, 0.3) is 4.96 Å². The van der Waals surface area contributed by atoms with Crippen LogP contribution in [0.3, 0.4) is 0 Å². The van der Waals surface area contributed by atoms with E-state index in [1.54, 1.807) is 6.92 Å². The van der Waals surface area contributed by atoms with Gasteiger partial charge in [-0.3, -0.25) is 4.79 Å². The Hall–Kier alpha value is -2.81. The van der Waals surface area contributed by atoms with Crippen LogP contribution in [0.1, 0.15) is 17.6 Å². The number of halogens is 1. The van der Waals surface area contributed by atoms with Gasteiger partial charge in [0.1, 0.15) is 18.2 Å². The lowest BCUT2D eigenvalue weighted by Crippen LogP contribution is -2.26. The van der Waals surface area contributed by atoms with Gasteiger partial charge in [0.25, 0.3) is 5.56 Å². The fourth-order valence-corrected chi connectivity index (χ4v) is 2.89. The van der Waals surface area contributed by atoms with E-state index in [1.807, 2.05) is 0 Å². The smallest absolute Gasteiger partial charge is 0.347 e. The van der Waals surface area contributed by atoms with Crippen LogP contribution in [0, 0.1) is 12.7 Å². The fraction of sp³-hybridized carbons (Fsp3) is 0.250. The number of esters is 1. The van der Waals surface area contributed by atoms with E-state index in [0.29, 0.717) is 21.4 Å². The Balaban J connectivity index is 1.62. The Kier molecular flexibility index (Phi) is 4.75. The first-order valence-corrected chi connectivity index (χ1v) is 8.19. The minimum atomic E-state index is -0.872. The van der Waals surface area contributed by atoms with Gasteiger partial charge in [-0.25, -0.2) is 14.2 Å². The summed E-state index contributed by atoms with van der Waals surface area (Å²) in [5.41, 5.74) is 0.308. The molecule has 0 saturated heterocycles. The molecule has 0 unspecified atom stereocenters. The second-order valence-corrected chi connectivity index (χ2v) is 6.29. The van der Waals surface area contributed by atoms with Crippen molar-refractivity contribution in [2.75, 3.05) is 0 Å². The molecule has 25 heavy (non-hydrogen) atoms. The maximum Gasteiger partial charge on any atom is 0.347 e. The number of rotatable bonds is 5. The summed E-state index contributed by atoms with van der Waals surface area (Å²) in [6, 6.07) is 6.70. The normalized spacial score (nSPS) is 12.1. The van der Waals surface area contributed by atoms with Crippen molar-refractivity contribution in [3.63, 3.8) is 0 Å². The number of carbonyl (C=O) groups is 1. The van der Waals surface area contributed by atoms with Crippen LogP contribution in [-0.2, 0) is 16.1 Å². The number of hydrogen-bond donors (Lipinski definition) is 0. The highest BCUT2D eigenvalue weighted by Gasteiger charge is 2.18.